The van der Waals surface area contributed by atoms with Gasteiger partial charge in [-0.25, -0.2) is 4.79 Å². The molecular weight excluding hydrogens is 230 g/mol. The van der Waals surface area contributed by atoms with Crippen molar-refractivity contribution >= 4 is 23.2 Å². The monoisotopic (exact) mass is 241 g/mol. The number of H-pyrrole nitrogens is 1. The number of ether oxygens (including phenoxy) is 1. The number of benzene rings is 1. The minimum absolute atomic E-state index is 0.203. The Bertz CT molecular complexity index is 658. The van der Waals surface area contributed by atoms with Crippen LogP contribution in [0, 0.1) is 11.8 Å². The van der Waals surface area contributed by atoms with Gasteiger partial charge in [-0.15, -0.1) is 0 Å². The first-order chi connectivity index (χ1) is 8.76. The largest absolute Gasteiger partial charge is 0.465 e. The molecule has 2 rings (SSSR count). The molecule has 1 aromatic heterocycles. The molecule has 2 aromatic rings. The maximum absolute atomic E-state index is 11.5. The number of carbonyl (C=O) groups excluding carboxylic acids is 2. The van der Waals surface area contributed by atoms with Gasteiger partial charge < -0.3 is 14.5 Å². The Hall–Kier alpha value is -2.54. The van der Waals surface area contributed by atoms with Crippen molar-refractivity contribution in [3.63, 3.8) is 0 Å². The fraction of sp³-hybridized carbons (Fsp3) is 0.143. The second-order valence-electron chi connectivity index (χ2n) is 3.63. The number of aromatic amines is 1. The third kappa shape index (κ3) is 2.25. The van der Waals surface area contributed by atoms with Crippen molar-refractivity contribution in [1.29, 1.82) is 0 Å². The summed E-state index contributed by atoms with van der Waals surface area (Å²) < 4.78 is 4.70. The van der Waals surface area contributed by atoms with Gasteiger partial charge in [0.1, 0.15) is 6.29 Å². The van der Waals surface area contributed by atoms with Crippen LogP contribution in [0.2, 0.25) is 0 Å². The van der Waals surface area contributed by atoms with Gasteiger partial charge in [-0.1, -0.05) is 11.8 Å². The predicted octanol–water partition coefficient (Wildman–Crippen LogP) is 1.89. The van der Waals surface area contributed by atoms with Gasteiger partial charge in [0.25, 0.3) is 0 Å². The molecule has 0 amide bonds. The number of hydrogen-bond acceptors (Lipinski definition) is 3. The number of esters is 1. The predicted molar refractivity (Wildman–Crippen MR) is 67.2 cm³/mol. The molecule has 0 atom stereocenters. The van der Waals surface area contributed by atoms with Gasteiger partial charge >= 0.3 is 5.97 Å². The van der Waals surface area contributed by atoms with Gasteiger partial charge in [-0.3, -0.25) is 0 Å². The molecule has 0 saturated carbocycles. The zero-order chi connectivity index (χ0) is 13.0. The van der Waals surface area contributed by atoms with E-state index in [1.807, 2.05) is 12.1 Å². The molecule has 0 aliphatic rings. The molecule has 0 saturated heterocycles. The quantitative estimate of drug-likeness (QED) is 0.496. The number of fused-ring (bicyclic) bond motifs is 1. The van der Waals surface area contributed by atoms with Crippen molar-refractivity contribution in [3.8, 4) is 11.8 Å². The molecule has 4 heteroatoms. The molecule has 0 unspecified atom stereocenters. The van der Waals surface area contributed by atoms with Gasteiger partial charge in [-0.2, -0.15) is 0 Å². The Morgan fingerprint density at radius 2 is 2.33 bits per heavy atom. The maximum atomic E-state index is 11.5. The molecule has 1 heterocycles. The highest BCUT2D eigenvalue weighted by Crippen LogP contribution is 2.20. The number of methoxy groups -OCH3 is 1. The molecular formula is C14H11NO3. The SMILES string of the molecule is COC(=O)c1c[nH]c2ccc(C#CCC=O)cc12. The summed E-state index contributed by atoms with van der Waals surface area (Å²) in [5.41, 5.74) is 2.08. The standard InChI is InChI=1S/C14H11NO3/c1-18-14(17)12-9-15-13-6-5-10(8-11(12)13)4-2-3-7-16/h5-9,15H,3H2,1H3. The smallest absolute Gasteiger partial charge is 0.340 e. The van der Waals surface area contributed by atoms with Crippen LogP contribution >= 0.6 is 0 Å². The van der Waals surface area contributed by atoms with Crippen LogP contribution < -0.4 is 0 Å². The van der Waals surface area contributed by atoms with E-state index in [2.05, 4.69) is 16.8 Å². The average Bonchev–Trinajstić information content (AvgIpc) is 2.81. The summed E-state index contributed by atoms with van der Waals surface area (Å²) in [5.74, 6) is 5.20. The van der Waals surface area contributed by atoms with E-state index in [-0.39, 0.29) is 12.4 Å². The third-order valence-corrected chi connectivity index (χ3v) is 2.51. The van der Waals surface area contributed by atoms with Crippen molar-refractivity contribution in [3.05, 3.63) is 35.5 Å². The molecule has 18 heavy (non-hydrogen) atoms. The number of carbonyl (C=O) groups is 2. The summed E-state index contributed by atoms with van der Waals surface area (Å²) in [6, 6.07) is 5.47. The highest BCUT2D eigenvalue weighted by Gasteiger charge is 2.11. The highest BCUT2D eigenvalue weighted by molar-refractivity contribution is 6.04. The van der Waals surface area contributed by atoms with Crippen molar-refractivity contribution < 1.29 is 14.3 Å². The van der Waals surface area contributed by atoms with E-state index in [0.29, 0.717) is 5.56 Å². The number of aromatic nitrogens is 1. The van der Waals surface area contributed by atoms with E-state index in [1.54, 1.807) is 12.3 Å². The molecule has 1 N–H and O–H groups in total. The van der Waals surface area contributed by atoms with Crippen LogP contribution in [-0.2, 0) is 9.53 Å². The van der Waals surface area contributed by atoms with Crippen LogP contribution in [0.1, 0.15) is 22.3 Å². The number of aldehydes is 1. The lowest BCUT2D eigenvalue weighted by Gasteiger charge is -1.97. The minimum Gasteiger partial charge on any atom is -0.465 e. The molecule has 0 aliphatic carbocycles. The molecule has 0 fully saturated rings. The Kier molecular flexibility index (Phi) is 3.44. The molecule has 4 nitrogen and oxygen atoms in total. The van der Waals surface area contributed by atoms with Crippen LogP contribution in [-0.4, -0.2) is 24.3 Å². The molecule has 0 bridgehead atoms. The number of rotatable bonds is 2. The van der Waals surface area contributed by atoms with Crippen LogP contribution in [0.3, 0.4) is 0 Å². The Labute approximate surface area is 104 Å². The lowest BCUT2D eigenvalue weighted by atomic mass is 10.1. The second-order valence-corrected chi connectivity index (χ2v) is 3.63. The first kappa shape index (κ1) is 11.9. The van der Waals surface area contributed by atoms with Gasteiger partial charge in [0.05, 0.1) is 19.1 Å². The van der Waals surface area contributed by atoms with Gasteiger partial charge in [-0.05, 0) is 18.2 Å². The van der Waals surface area contributed by atoms with Crippen molar-refractivity contribution in [2.24, 2.45) is 0 Å². The van der Waals surface area contributed by atoms with E-state index in [1.165, 1.54) is 7.11 Å². The van der Waals surface area contributed by atoms with Crippen molar-refractivity contribution in [1.82, 2.24) is 4.98 Å². The zero-order valence-corrected chi connectivity index (χ0v) is 9.82. The average molecular weight is 241 g/mol. The first-order valence-corrected chi connectivity index (χ1v) is 5.38. The van der Waals surface area contributed by atoms with E-state index >= 15 is 0 Å². The van der Waals surface area contributed by atoms with Crippen molar-refractivity contribution in [2.75, 3.05) is 7.11 Å². The van der Waals surface area contributed by atoms with Gasteiger partial charge in [0.15, 0.2) is 0 Å². The van der Waals surface area contributed by atoms with E-state index < -0.39 is 0 Å². The van der Waals surface area contributed by atoms with Crippen LogP contribution in [0.15, 0.2) is 24.4 Å². The lowest BCUT2D eigenvalue weighted by molar-refractivity contribution is -0.107. The minimum atomic E-state index is -0.390. The Balaban J connectivity index is 2.46. The molecule has 90 valence electrons. The third-order valence-electron chi connectivity index (χ3n) is 2.51. The van der Waals surface area contributed by atoms with Gasteiger partial charge in [0, 0.05) is 22.7 Å². The molecule has 0 radical (unpaired) electrons. The summed E-state index contributed by atoms with van der Waals surface area (Å²) in [7, 11) is 1.34. The topological polar surface area (TPSA) is 59.2 Å². The molecule has 0 aliphatic heterocycles. The van der Waals surface area contributed by atoms with Crippen LogP contribution in [0.25, 0.3) is 10.9 Å². The number of hydrogen-bond donors (Lipinski definition) is 1. The van der Waals surface area contributed by atoms with E-state index in [4.69, 9.17) is 4.74 Å². The summed E-state index contributed by atoms with van der Waals surface area (Å²) in [6.07, 6.45) is 2.57. The Morgan fingerprint density at radius 1 is 1.50 bits per heavy atom. The zero-order valence-electron chi connectivity index (χ0n) is 9.82. The number of nitrogens with one attached hydrogen (secondary N) is 1. The second kappa shape index (κ2) is 5.19. The van der Waals surface area contributed by atoms with Crippen LogP contribution in [0.4, 0.5) is 0 Å². The normalized spacial score (nSPS) is 9.61. The summed E-state index contributed by atoms with van der Waals surface area (Å²) >= 11 is 0. The molecule has 0 spiro atoms. The van der Waals surface area contributed by atoms with E-state index in [0.717, 1.165) is 22.8 Å². The summed E-state index contributed by atoms with van der Waals surface area (Å²) in [5, 5.41) is 0.764. The fourth-order valence-corrected chi connectivity index (χ4v) is 1.67. The van der Waals surface area contributed by atoms with E-state index in [9.17, 15) is 9.59 Å². The summed E-state index contributed by atoms with van der Waals surface area (Å²) in [6.45, 7) is 0. The lowest BCUT2D eigenvalue weighted by Crippen LogP contribution is -1.99. The van der Waals surface area contributed by atoms with Crippen LogP contribution in [0.5, 0.6) is 0 Å². The van der Waals surface area contributed by atoms with Gasteiger partial charge in [0.2, 0.25) is 0 Å². The first-order valence-electron chi connectivity index (χ1n) is 5.38. The molecule has 1 aromatic carbocycles. The highest BCUT2D eigenvalue weighted by atomic mass is 16.5. The Morgan fingerprint density at radius 3 is 3.06 bits per heavy atom. The summed E-state index contributed by atoms with van der Waals surface area (Å²) in [4.78, 5) is 24.7. The maximum Gasteiger partial charge on any atom is 0.340 e. The van der Waals surface area contributed by atoms with Crippen molar-refractivity contribution in [2.45, 2.75) is 6.42 Å². The fourth-order valence-electron chi connectivity index (χ4n) is 1.67.